The molecule has 0 aromatic heterocycles. The Morgan fingerprint density at radius 1 is 1.00 bits per heavy atom. The zero-order chi connectivity index (χ0) is 18.7. The summed E-state index contributed by atoms with van der Waals surface area (Å²) in [6, 6.07) is 10.7. The van der Waals surface area contributed by atoms with Gasteiger partial charge in [0, 0.05) is 0 Å². The van der Waals surface area contributed by atoms with Crippen LogP contribution < -0.4 is 5.32 Å². The van der Waals surface area contributed by atoms with Gasteiger partial charge in [0.2, 0.25) is 0 Å². The minimum absolute atomic E-state index is 0.0107. The molecule has 0 saturated carbocycles. The predicted octanol–water partition coefficient (Wildman–Crippen LogP) is 3.32. The fourth-order valence-electron chi connectivity index (χ4n) is 2.26. The first kappa shape index (κ1) is 17.5. The molecule has 2 aromatic carbocycles. The number of carbonyl (C=O) groups excluding carboxylic acids is 3. The van der Waals surface area contributed by atoms with Gasteiger partial charge in [-0.15, -0.1) is 0 Å². The summed E-state index contributed by atoms with van der Waals surface area (Å²) in [5, 5.41) is 20.9. The molecule has 0 bridgehead atoms. The number of hydrogen-bond acceptors (Lipinski definition) is 6. The zero-order valence-corrected chi connectivity index (χ0v) is 14.1. The van der Waals surface area contributed by atoms with Crippen molar-refractivity contribution in [2.24, 2.45) is 0 Å². The first-order chi connectivity index (χ1) is 12.4. The van der Waals surface area contributed by atoms with Gasteiger partial charge in [-0.2, -0.15) is 0 Å². The van der Waals surface area contributed by atoms with Gasteiger partial charge in [-0.3, -0.25) is 19.7 Å². The predicted molar refractivity (Wildman–Crippen MR) is 98.7 cm³/mol. The summed E-state index contributed by atoms with van der Waals surface area (Å²) < 4.78 is 0. The van der Waals surface area contributed by atoms with Crippen molar-refractivity contribution in [3.05, 3.63) is 70.1 Å². The number of thioether (sulfide) groups is 1. The van der Waals surface area contributed by atoms with Gasteiger partial charge < -0.3 is 10.2 Å². The van der Waals surface area contributed by atoms with E-state index in [0.717, 1.165) is 22.9 Å². The van der Waals surface area contributed by atoms with Crippen LogP contribution in [0, 0.1) is 0 Å². The maximum absolute atomic E-state index is 12.1. The van der Waals surface area contributed by atoms with E-state index < -0.39 is 16.9 Å². The van der Waals surface area contributed by atoms with Crippen molar-refractivity contribution in [2.75, 3.05) is 0 Å². The third kappa shape index (κ3) is 4.01. The Bertz CT molecular complexity index is 960. The highest BCUT2D eigenvalue weighted by Crippen LogP contribution is 2.26. The maximum atomic E-state index is 12.1. The molecule has 2 aromatic rings. The van der Waals surface area contributed by atoms with Crippen LogP contribution in [0.15, 0.2) is 53.4 Å². The highest BCUT2D eigenvalue weighted by atomic mass is 32.2. The Labute approximate surface area is 152 Å². The van der Waals surface area contributed by atoms with Crippen molar-refractivity contribution in [2.45, 2.75) is 0 Å². The van der Waals surface area contributed by atoms with E-state index in [1.165, 1.54) is 24.3 Å². The Kier molecular flexibility index (Phi) is 4.90. The number of phenols is 2. The van der Waals surface area contributed by atoms with Crippen LogP contribution in [0.4, 0.5) is 4.79 Å². The van der Waals surface area contributed by atoms with Gasteiger partial charge in [-0.25, -0.2) is 0 Å². The molecule has 0 radical (unpaired) electrons. The van der Waals surface area contributed by atoms with E-state index in [-0.39, 0.29) is 17.1 Å². The number of allylic oxidation sites excluding steroid dienone is 1. The molecule has 26 heavy (non-hydrogen) atoms. The van der Waals surface area contributed by atoms with Crippen molar-refractivity contribution < 1.29 is 24.6 Å². The second-order valence-corrected chi connectivity index (χ2v) is 6.43. The van der Waals surface area contributed by atoms with E-state index in [1.54, 1.807) is 36.4 Å². The lowest BCUT2D eigenvalue weighted by atomic mass is 10.1. The second-order valence-electron chi connectivity index (χ2n) is 5.42. The lowest BCUT2D eigenvalue weighted by molar-refractivity contribution is -0.115. The fraction of sp³-hybridized carbons (Fsp3) is 0. The summed E-state index contributed by atoms with van der Waals surface area (Å²) in [4.78, 5) is 35.1. The highest BCUT2D eigenvalue weighted by Gasteiger charge is 2.24. The molecule has 7 heteroatoms. The molecule has 0 unspecified atom stereocenters. The fourth-order valence-corrected chi connectivity index (χ4v) is 2.94. The van der Waals surface area contributed by atoms with E-state index >= 15 is 0 Å². The molecule has 1 aliphatic heterocycles. The summed E-state index contributed by atoms with van der Waals surface area (Å²) in [6.07, 6.45) is 4.47. The molecule has 0 aliphatic carbocycles. The Morgan fingerprint density at radius 2 is 1.69 bits per heavy atom. The molecule has 0 spiro atoms. The van der Waals surface area contributed by atoms with Crippen molar-refractivity contribution in [3.8, 4) is 11.5 Å². The number of carbonyl (C=O) groups is 3. The molecule has 0 atom stereocenters. The molecule has 130 valence electrons. The maximum Gasteiger partial charge on any atom is 0.290 e. The molecule has 1 aliphatic rings. The number of hydrogen-bond donors (Lipinski definition) is 3. The lowest BCUT2D eigenvalue weighted by Gasteiger charge is -2.01. The number of rotatable bonds is 4. The van der Waals surface area contributed by atoms with Crippen LogP contribution in [0.5, 0.6) is 11.5 Å². The summed E-state index contributed by atoms with van der Waals surface area (Å²) >= 11 is 0.846. The average molecular weight is 367 g/mol. The Hall–Kier alpha value is -3.32. The SMILES string of the molecule is O=C1NC(=O)/C(=C/c2ccc(/C=C/C(=O)c3cc(O)ccc3O)cc2)S1. The van der Waals surface area contributed by atoms with Crippen LogP contribution in [0.2, 0.25) is 0 Å². The van der Waals surface area contributed by atoms with Crippen LogP contribution in [-0.4, -0.2) is 27.1 Å². The van der Waals surface area contributed by atoms with Gasteiger partial charge in [0.1, 0.15) is 11.5 Å². The van der Waals surface area contributed by atoms with Gasteiger partial charge in [-0.05, 0) is 53.2 Å². The number of imide groups is 1. The molecule has 3 N–H and O–H groups in total. The number of benzene rings is 2. The number of amides is 2. The van der Waals surface area contributed by atoms with Crippen molar-refractivity contribution in [3.63, 3.8) is 0 Å². The monoisotopic (exact) mass is 367 g/mol. The summed E-state index contributed by atoms with van der Waals surface area (Å²) in [5.74, 6) is -1.17. The normalized spacial score (nSPS) is 15.6. The molecule has 1 fully saturated rings. The first-order valence-electron chi connectivity index (χ1n) is 7.52. The van der Waals surface area contributed by atoms with Crippen molar-refractivity contribution in [1.82, 2.24) is 5.32 Å². The quantitative estimate of drug-likeness (QED) is 0.435. The van der Waals surface area contributed by atoms with Crippen LogP contribution in [0.3, 0.4) is 0 Å². The van der Waals surface area contributed by atoms with Crippen LogP contribution >= 0.6 is 11.8 Å². The number of nitrogens with one attached hydrogen (secondary N) is 1. The third-order valence-corrected chi connectivity index (χ3v) is 4.36. The minimum Gasteiger partial charge on any atom is -0.508 e. The van der Waals surface area contributed by atoms with Gasteiger partial charge in [0.05, 0.1) is 10.5 Å². The smallest absolute Gasteiger partial charge is 0.290 e. The number of aromatic hydroxyl groups is 2. The summed E-state index contributed by atoms with van der Waals surface area (Å²) in [5.41, 5.74) is 1.49. The van der Waals surface area contributed by atoms with Gasteiger partial charge in [0.15, 0.2) is 5.78 Å². The van der Waals surface area contributed by atoms with Gasteiger partial charge in [0.25, 0.3) is 11.1 Å². The van der Waals surface area contributed by atoms with Crippen LogP contribution in [0.25, 0.3) is 12.2 Å². The lowest BCUT2D eigenvalue weighted by Crippen LogP contribution is -2.17. The first-order valence-corrected chi connectivity index (χ1v) is 8.33. The zero-order valence-electron chi connectivity index (χ0n) is 13.3. The standard InChI is InChI=1S/C19H13NO5S/c21-13-6-8-16(23)14(10-13)15(22)7-5-11-1-3-12(4-2-11)9-17-18(24)20-19(25)26-17/h1-10,21,23H,(H,20,24,25)/b7-5+,17-9-. The van der Waals surface area contributed by atoms with E-state index in [2.05, 4.69) is 5.32 Å². The summed E-state index contributed by atoms with van der Waals surface area (Å²) in [6.45, 7) is 0. The van der Waals surface area contributed by atoms with Crippen LogP contribution in [-0.2, 0) is 4.79 Å². The second kappa shape index (κ2) is 7.28. The summed E-state index contributed by atoms with van der Waals surface area (Å²) in [7, 11) is 0. The van der Waals surface area contributed by atoms with E-state index in [4.69, 9.17) is 0 Å². The van der Waals surface area contributed by atoms with Crippen molar-refractivity contribution in [1.29, 1.82) is 0 Å². The Morgan fingerprint density at radius 3 is 2.35 bits per heavy atom. The topological polar surface area (TPSA) is 104 Å². The molecule has 3 rings (SSSR count). The van der Waals surface area contributed by atoms with E-state index in [1.807, 2.05) is 0 Å². The number of phenolic OH excluding ortho intramolecular Hbond substituents is 2. The minimum atomic E-state index is -0.442. The molecule has 2 amide bonds. The molecule has 6 nitrogen and oxygen atoms in total. The molecule has 1 saturated heterocycles. The van der Waals surface area contributed by atoms with E-state index in [9.17, 15) is 24.6 Å². The highest BCUT2D eigenvalue weighted by molar-refractivity contribution is 8.18. The van der Waals surface area contributed by atoms with Gasteiger partial charge in [-0.1, -0.05) is 30.3 Å². The average Bonchev–Trinajstić information content (AvgIpc) is 2.93. The molecular formula is C19H13NO5S. The van der Waals surface area contributed by atoms with Gasteiger partial charge >= 0.3 is 0 Å². The third-order valence-electron chi connectivity index (χ3n) is 3.55. The van der Waals surface area contributed by atoms with Crippen LogP contribution in [0.1, 0.15) is 21.5 Å². The molecular weight excluding hydrogens is 354 g/mol. The number of ketones is 1. The molecule has 1 heterocycles. The van der Waals surface area contributed by atoms with Crippen molar-refractivity contribution >= 4 is 40.8 Å². The van der Waals surface area contributed by atoms with E-state index in [0.29, 0.717) is 4.91 Å². The Balaban J connectivity index is 1.73. The largest absolute Gasteiger partial charge is 0.508 e.